The number of fused-ring (bicyclic) bond motifs is 1. The van der Waals surface area contributed by atoms with E-state index in [0.717, 1.165) is 32.4 Å². The minimum absolute atomic E-state index is 0.0177. The second-order valence-electron chi connectivity index (χ2n) is 8.41. The SMILES string of the molecule is N#Cc1c(N)ccc(F)c1Nc1ccc2ncn([C@H]3COC4(CCNCC4)C3)c(=O)c2c1. The van der Waals surface area contributed by atoms with Crippen LogP contribution < -0.4 is 21.9 Å². The molecule has 2 fully saturated rings. The number of nitrogen functional groups attached to an aromatic ring is 1. The van der Waals surface area contributed by atoms with E-state index in [1.54, 1.807) is 29.1 Å². The zero-order chi connectivity index (χ0) is 22.3. The maximum absolute atomic E-state index is 14.4. The van der Waals surface area contributed by atoms with E-state index in [2.05, 4.69) is 15.6 Å². The number of benzene rings is 2. The molecule has 2 aromatic carbocycles. The number of nitrogens with zero attached hydrogens (tertiary/aromatic N) is 3. The molecule has 4 N–H and O–H groups in total. The number of rotatable bonds is 3. The summed E-state index contributed by atoms with van der Waals surface area (Å²) < 4.78 is 22.2. The second kappa shape index (κ2) is 7.89. The molecule has 0 bridgehead atoms. The fraction of sp³-hybridized carbons (Fsp3) is 0.348. The monoisotopic (exact) mass is 434 g/mol. The van der Waals surface area contributed by atoms with Crippen LogP contribution in [0.15, 0.2) is 41.5 Å². The highest BCUT2D eigenvalue weighted by atomic mass is 19.1. The lowest BCUT2D eigenvalue weighted by Gasteiger charge is -2.32. The summed E-state index contributed by atoms with van der Waals surface area (Å²) in [5.74, 6) is -0.602. The molecule has 0 aliphatic carbocycles. The third kappa shape index (κ3) is 3.47. The third-order valence-corrected chi connectivity index (χ3v) is 6.45. The van der Waals surface area contributed by atoms with Crippen LogP contribution in [0.4, 0.5) is 21.5 Å². The average molecular weight is 434 g/mol. The molecule has 32 heavy (non-hydrogen) atoms. The number of hydrogen-bond acceptors (Lipinski definition) is 7. The normalized spacial score (nSPS) is 19.8. The van der Waals surface area contributed by atoms with Gasteiger partial charge in [0.25, 0.3) is 5.56 Å². The summed E-state index contributed by atoms with van der Waals surface area (Å²) >= 11 is 0. The Hall–Kier alpha value is -3.48. The van der Waals surface area contributed by atoms with E-state index in [4.69, 9.17) is 10.5 Å². The second-order valence-corrected chi connectivity index (χ2v) is 8.41. The molecule has 8 nitrogen and oxygen atoms in total. The van der Waals surface area contributed by atoms with E-state index in [1.165, 1.54) is 12.1 Å². The summed E-state index contributed by atoms with van der Waals surface area (Å²) in [6.07, 6.45) is 4.22. The number of halogens is 1. The minimum Gasteiger partial charge on any atom is -0.398 e. The maximum atomic E-state index is 14.4. The van der Waals surface area contributed by atoms with Crippen LogP contribution in [-0.2, 0) is 4.74 Å². The van der Waals surface area contributed by atoms with Crippen molar-refractivity contribution in [1.29, 1.82) is 5.26 Å². The first-order valence-corrected chi connectivity index (χ1v) is 10.6. The van der Waals surface area contributed by atoms with Crippen molar-refractivity contribution in [2.45, 2.75) is 30.9 Å². The Kier molecular flexibility index (Phi) is 5.04. The molecule has 3 heterocycles. The van der Waals surface area contributed by atoms with Gasteiger partial charge in [0.1, 0.15) is 17.4 Å². The summed E-state index contributed by atoms with van der Waals surface area (Å²) in [5, 5.41) is 16.0. The lowest BCUT2D eigenvalue weighted by Crippen LogP contribution is -2.41. The number of ether oxygens (including phenoxy) is 1. The topological polar surface area (TPSA) is 118 Å². The highest BCUT2D eigenvalue weighted by Crippen LogP contribution is 2.39. The number of aromatic nitrogens is 2. The summed E-state index contributed by atoms with van der Waals surface area (Å²) in [7, 11) is 0. The van der Waals surface area contributed by atoms with Crippen LogP contribution in [0.3, 0.4) is 0 Å². The molecular formula is C23H23FN6O2. The predicted octanol–water partition coefficient (Wildman–Crippen LogP) is 2.82. The quantitative estimate of drug-likeness (QED) is 0.543. The van der Waals surface area contributed by atoms with Gasteiger partial charge in [-0.3, -0.25) is 9.36 Å². The van der Waals surface area contributed by atoms with Crippen molar-refractivity contribution in [3.63, 3.8) is 0 Å². The van der Waals surface area contributed by atoms with Crippen molar-refractivity contribution in [2.75, 3.05) is 30.7 Å². The Morgan fingerprint density at radius 1 is 1.31 bits per heavy atom. The first kappa shape index (κ1) is 20.4. The Balaban J connectivity index is 1.49. The van der Waals surface area contributed by atoms with E-state index in [9.17, 15) is 14.4 Å². The predicted molar refractivity (Wildman–Crippen MR) is 119 cm³/mol. The van der Waals surface area contributed by atoms with Gasteiger partial charge in [0.15, 0.2) is 0 Å². The van der Waals surface area contributed by atoms with E-state index in [0.29, 0.717) is 23.2 Å². The van der Waals surface area contributed by atoms with Gasteiger partial charge in [-0.05, 0) is 62.7 Å². The molecule has 2 aliphatic rings. The number of piperidine rings is 1. The zero-order valence-corrected chi connectivity index (χ0v) is 17.4. The van der Waals surface area contributed by atoms with E-state index >= 15 is 0 Å². The van der Waals surface area contributed by atoms with Crippen LogP contribution in [0.2, 0.25) is 0 Å². The van der Waals surface area contributed by atoms with Gasteiger partial charge in [-0.15, -0.1) is 0 Å². The average Bonchev–Trinajstić information content (AvgIpc) is 3.20. The highest BCUT2D eigenvalue weighted by Gasteiger charge is 2.42. The molecule has 1 spiro atoms. The Bertz CT molecular complexity index is 1290. The fourth-order valence-electron chi connectivity index (χ4n) is 4.68. The van der Waals surface area contributed by atoms with Gasteiger partial charge >= 0.3 is 0 Å². The smallest absolute Gasteiger partial charge is 0.261 e. The van der Waals surface area contributed by atoms with Crippen molar-refractivity contribution in [1.82, 2.24) is 14.9 Å². The Morgan fingerprint density at radius 2 is 2.12 bits per heavy atom. The standard InChI is InChI=1S/C23H23FN6O2/c24-18-2-3-19(26)17(11-25)21(18)29-14-1-4-20-16(9-14)22(31)30(13-28-20)15-10-23(32-12-15)5-7-27-8-6-23/h1-4,9,13,15,27,29H,5-8,10,12,26H2/t15-/m1/s1. The van der Waals surface area contributed by atoms with Crippen molar-refractivity contribution < 1.29 is 9.13 Å². The molecule has 2 saturated heterocycles. The Labute approximate surface area is 183 Å². The van der Waals surface area contributed by atoms with E-state index in [1.807, 2.05) is 6.07 Å². The van der Waals surface area contributed by atoms with E-state index < -0.39 is 5.82 Å². The molecule has 0 unspecified atom stereocenters. The first-order chi connectivity index (χ1) is 15.5. The Morgan fingerprint density at radius 3 is 2.91 bits per heavy atom. The summed E-state index contributed by atoms with van der Waals surface area (Å²) in [6.45, 7) is 2.31. The van der Waals surface area contributed by atoms with Gasteiger partial charge in [0.05, 0.1) is 46.9 Å². The van der Waals surface area contributed by atoms with Crippen molar-refractivity contribution in [3.8, 4) is 6.07 Å². The molecule has 5 rings (SSSR count). The summed E-state index contributed by atoms with van der Waals surface area (Å²) in [4.78, 5) is 17.8. The number of hydrogen-bond donors (Lipinski definition) is 3. The van der Waals surface area contributed by atoms with Crippen LogP contribution in [0.25, 0.3) is 10.9 Å². The molecule has 0 saturated carbocycles. The number of nitrogens with two attached hydrogens (primary N) is 1. The highest BCUT2D eigenvalue weighted by molar-refractivity contribution is 5.84. The molecule has 2 aliphatic heterocycles. The van der Waals surface area contributed by atoms with Crippen LogP contribution in [0, 0.1) is 17.1 Å². The zero-order valence-electron chi connectivity index (χ0n) is 17.4. The molecule has 164 valence electrons. The first-order valence-electron chi connectivity index (χ1n) is 10.6. The van der Waals surface area contributed by atoms with Crippen molar-refractivity contribution >= 4 is 28.0 Å². The van der Waals surface area contributed by atoms with Crippen LogP contribution in [0.1, 0.15) is 30.9 Å². The van der Waals surface area contributed by atoms with Crippen molar-refractivity contribution in [2.24, 2.45) is 0 Å². The number of nitriles is 1. The minimum atomic E-state index is -0.602. The molecule has 1 aromatic heterocycles. The lowest BCUT2D eigenvalue weighted by atomic mass is 9.88. The maximum Gasteiger partial charge on any atom is 0.261 e. The summed E-state index contributed by atoms with van der Waals surface area (Å²) in [5.41, 5.74) is 6.64. The van der Waals surface area contributed by atoms with Crippen LogP contribution >= 0.6 is 0 Å². The summed E-state index contributed by atoms with van der Waals surface area (Å²) in [6, 6.07) is 9.40. The van der Waals surface area contributed by atoms with Gasteiger partial charge in [-0.25, -0.2) is 9.37 Å². The lowest BCUT2D eigenvalue weighted by molar-refractivity contribution is -0.0196. The van der Waals surface area contributed by atoms with Crippen LogP contribution in [-0.4, -0.2) is 34.8 Å². The van der Waals surface area contributed by atoms with Gasteiger partial charge in [-0.1, -0.05) is 0 Å². The number of anilines is 3. The van der Waals surface area contributed by atoms with Gasteiger partial charge < -0.3 is 21.1 Å². The molecule has 3 aromatic rings. The molecule has 0 amide bonds. The third-order valence-electron chi connectivity index (χ3n) is 6.45. The largest absolute Gasteiger partial charge is 0.398 e. The fourth-order valence-corrected chi connectivity index (χ4v) is 4.68. The number of nitrogens with one attached hydrogen (secondary N) is 2. The van der Waals surface area contributed by atoms with Crippen molar-refractivity contribution in [3.05, 3.63) is 58.4 Å². The molecular weight excluding hydrogens is 411 g/mol. The van der Waals surface area contributed by atoms with Crippen LogP contribution in [0.5, 0.6) is 0 Å². The van der Waals surface area contributed by atoms with Gasteiger partial charge in [-0.2, -0.15) is 5.26 Å². The van der Waals surface area contributed by atoms with Gasteiger partial charge in [0.2, 0.25) is 0 Å². The van der Waals surface area contributed by atoms with E-state index in [-0.39, 0.29) is 34.1 Å². The molecule has 0 radical (unpaired) electrons. The van der Waals surface area contributed by atoms with Gasteiger partial charge in [0, 0.05) is 5.69 Å². The molecule has 1 atom stereocenters. The molecule has 9 heteroatoms.